The Morgan fingerprint density at radius 3 is 2.63 bits per heavy atom. The molecule has 0 saturated carbocycles. The fourth-order valence-electron chi connectivity index (χ4n) is 3.01. The molecule has 0 spiro atoms. The number of amides is 1. The first-order chi connectivity index (χ1) is 13.1. The number of hydrogen-bond donors (Lipinski definition) is 2. The minimum atomic E-state index is -0.0936. The summed E-state index contributed by atoms with van der Waals surface area (Å²) in [5, 5.41) is 13.3. The Balaban J connectivity index is 1.56. The third kappa shape index (κ3) is 4.33. The fourth-order valence-corrected chi connectivity index (χ4v) is 3.01. The molecule has 1 amide bonds. The van der Waals surface area contributed by atoms with Gasteiger partial charge in [0.2, 0.25) is 0 Å². The van der Waals surface area contributed by atoms with Crippen molar-refractivity contribution in [2.24, 2.45) is 4.99 Å². The van der Waals surface area contributed by atoms with Gasteiger partial charge in [-0.1, -0.05) is 0 Å². The Morgan fingerprint density at radius 2 is 2.00 bits per heavy atom. The number of guanidine groups is 1. The summed E-state index contributed by atoms with van der Waals surface area (Å²) in [6.07, 6.45) is 1.50. The average Bonchev–Trinajstić information content (AvgIpc) is 3.24. The summed E-state index contributed by atoms with van der Waals surface area (Å²) in [7, 11) is 3.31. The predicted molar refractivity (Wildman–Crippen MR) is 101 cm³/mol. The number of aromatic hydroxyl groups is 1. The highest BCUT2D eigenvalue weighted by atomic mass is 16.5. The van der Waals surface area contributed by atoms with Gasteiger partial charge in [0.25, 0.3) is 5.91 Å². The number of phenols is 1. The van der Waals surface area contributed by atoms with Gasteiger partial charge < -0.3 is 29.4 Å². The second-order valence-electron chi connectivity index (χ2n) is 6.15. The van der Waals surface area contributed by atoms with Gasteiger partial charge in [-0.2, -0.15) is 0 Å². The molecule has 0 radical (unpaired) electrons. The molecular weight excluding hydrogens is 348 g/mol. The highest BCUT2D eigenvalue weighted by Gasteiger charge is 2.25. The molecule has 144 valence electrons. The third-order valence-electron chi connectivity index (χ3n) is 4.53. The van der Waals surface area contributed by atoms with E-state index in [1.165, 1.54) is 6.26 Å². The quantitative estimate of drug-likeness (QED) is 0.625. The Hall–Kier alpha value is -3.16. The van der Waals surface area contributed by atoms with E-state index < -0.39 is 0 Å². The van der Waals surface area contributed by atoms with Gasteiger partial charge in [-0.05, 0) is 30.3 Å². The predicted octanol–water partition coefficient (Wildman–Crippen LogP) is 1.53. The first-order valence-electron chi connectivity index (χ1n) is 8.76. The number of aliphatic imine (C=N–C) groups is 1. The molecule has 8 nitrogen and oxygen atoms in total. The van der Waals surface area contributed by atoms with Gasteiger partial charge >= 0.3 is 0 Å². The molecule has 3 rings (SSSR count). The van der Waals surface area contributed by atoms with Gasteiger partial charge in [-0.25, -0.2) is 0 Å². The molecule has 2 N–H and O–H groups in total. The van der Waals surface area contributed by atoms with Crippen LogP contribution in [0, 0.1) is 0 Å². The van der Waals surface area contributed by atoms with E-state index in [2.05, 4.69) is 15.2 Å². The zero-order valence-electron chi connectivity index (χ0n) is 15.5. The second-order valence-corrected chi connectivity index (χ2v) is 6.15. The number of methoxy groups -OCH3 is 1. The van der Waals surface area contributed by atoms with Crippen LogP contribution in [0.25, 0.3) is 0 Å². The van der Waals surface area contributed by atoms with Crippen molar-refractivity contribution in [2.45, 2.75) is 6.54 Å². The molecule has 1 fully saturated rings. The number of carbonyl (C=O) groups excluding carboxylic acids is 1. The number of ether oxygens (including phenoxy) is 1. The van der Waals surface area contributed by atoms with Gasteiger partial charge in [0.1, 0.15) is 11.5 Å². The lowest BCUT2D eigenvalue weighted by atomic mass is 10.2. The molecule has 1 aromatic carbocycles. The minimum absolute atomic E-state index is 0.0936. The molecular formula is C19H24N4O4. The monoisotopic (exact) mass is 372 g/mol. The number of rotatable bonds is 4. The molecule has 1 aliphatic heterocycles. The van der Waals surface area contributed by atoms with Crippen LogP contribution in [0.2, 0.25) is 0 Å². The summed E-state index contributed by atoms with van der Waals surface area (Å²) >= 11 is 0. The van der Waals surface area contributed by atoms with Crippen molar-refractivity contribution in [3.63, 3.8) is 0 Å². The topological polar surface area (TPSA) is 90.5 Å². The number of piperazine rings is 1. The van der Waals surface area contributed by atoms with Crippen LogP contribution in [0.1, 0.15) is 16.1 Å². The molecule has 8 heteroatoms. The average molecular weight is 372 g/mol. The maximum atomic E-state index is 12.3. The lowest BCUT2D eigenvalue weighted by Crippen LogP contribution is -2.53. The molecule has 0 atom stereocenters. The van der Waals surface area contributed by atoms with Gasteiger partial charge in [-0.15, -0.1) is 0 Å². The molecule has 2 aromatic rings. The van der Waals surface area contributed by atoms with E-state index in [1.54, 1.807) is 49.4 Å². The number of benzene rings is 1. The summed E-state index contributed by atoms with van der Waals surface area (Å²) in [5.74, 6) is 1.88. The van der Waals surface area contributed by atoms with E-state index in [9.17, 15) is 9.90 Å². The van der Waals surface area contributed by atoms with Crippen molar-refractivity contribution in [1.29, 1.82) is 0 Å². The van der Waals surface area contributed by atoms with Gasteiger partial charge in [-0.3, -0.25) is 9.79 Å². The molecule has 27 heavy (non-hydrogen) atoms. The Morgan fingerprint density at radius 1 is 1.26 bits per heavy atom. The maximum absolute atomic E-state index is 12.3. The summed E-state index contributed by atoms with van der Waals surface area (Å²) in [4.78, 5) is 20.5. The van der Waals surface area contributed by atoms with Crippen LogP contribution in [-0.4, -0.2) is 67.1 Å². The molecule has 1 saturated heterocycles. The first-order valence-corrected chi connectivity index (χ1v) is 8.76. The van der Waals surface area contributed by atoms with Crippen LogP contribution in [0.4, 0.5) is 0 Å². The van der Waals surface area contributed by atoms with Crippen LogP contribution in [0.3, 0.4) is 0 Å². The molecule has 1 aromatic heterocycles. The van der Waals surface area contributed by atoms with Gasteiger partial charge in [0.05, 0.1) is 13.4 Å². The highest BCUT2D eigenvalue weighted by Crippen LogP contribution is 2.22. The zero-order chi connectivity index (χ0) is 19.2. The molecule has 1 aliphatic rings. The zero-order valence-corrected chi connectivity index (χ0v) is 15.5. The van der Waals surface area contributed by atoms with Crippen molar-refractivity contribution in [1.82, 2.24) is 15.1 Å². The summed E-state index contributed by atoms with van der Waals surface area (Å²) < 4.78 is 10.4. The van der Waals surface area contributed by atoms with Crippen molar-refractivity contribution < 1.29 is 19.1 Å². The van der Waals surface area contributed by atoms with Crippen molar-refractivity contribution in [2.75, 3.05) is 40.3 Å². The van der Waals surface area contributed by atoms with Crippen LogP contribution in [0.15, 0.2) is 46.0 Å². The van der Waals surface area contributed by atoms with Gasteiger partial charge in [0, 0.05) is 45.3 Å². The third-order valence-corrected chi connectivity index (χ3v) is 4.53. The van der Waals surface area contributed by atoms with Crippen LogP contribution >= 0.6 is 0 Å². The standard InChI is InChI=1S/C19H24N4O4/c1-20-19(21-13-14-12-15(26-2)5-6-16(14)24)23-9-7-22(8-10-23)18(25)17-4-3-11-27-17/h3-6,11-12,24H,7-10,13H2,1-2H3,(H,20,21). The number of furan rings is 1. The summed E-state index contributed by atoms with van der Waals surface area (Å²) in [6, 6.07) is 8.50. The fraction of sp³-hybridized carbons (Fsp3) is 0.368. The Bertz CT molecular complexity index is 796. The number of phenolic OH excluding ortho intramolecular Hbond substituents is 1. The molecule has 0 unspecified atom stereocenters. The lowest BCUT2D eigenvalue weighted by molar-refractivity contribution is 0.0657. The smallest absolute Gasteiger partial charge is 0.289 e. The Labute approximate surface area is 158 Å². The lowest BCUT2D eigenvalue weighted by Gasteiger charge is -2.36. The van der Waals surface area contributed by atoms with Crippen LogP contribution in [0.5, 0.6) is 11.5 Å². The van der Waals surface area contributed by atoms with Crippen molar-refractivity contribution in [3.8, 4) is 11.5 Å². The Kier molecular flexibility index (Phi) is 5.85. The molecule has 0 aliphatic carbocycles. The van der Waals surface area contributed by atoms with E-state index in [-0.39, 0.29) is 11.7 Å². The molecule has 2 heterocycles. The largest absolute Gasteiger partial charge is 0.508 e. The van der Waals surface area contributed by atoms with Crippen LogP contribution < -0.4 is 10.1 Å². The normalized spacial score (nSPS) is 15.0. The minimum Gasteiger partial charge on any atom is -0.508 e. The van der Waals surface area contributed by atoms with E-state index >= 15 is 0 Å². The van der Waals surface area contributed by atoms with E-state index in [4.69, 9.17) is 9.15 Å². The summed E-state index contributed by atoms with van der Waals surface area (Å²) in [6.45, 7) is 2.92. The number of carbonyl (C=O) groups is 1. The first kappa shape index (κ1) is 18.6. The second kappa shape index (κ2) is 8.48. The number of nitrogens with one attached hydrogen (secondary N) is 1. The van der Waals surface area contributed by atoms with E-state index in [0.717, 1.165) is 11.5 Å². The maximum Gasteiger partial charge on any atom is 0.289 e. The van der Waals surface area contributed by atoms with Gasteiger partial charge in [0.15, 0.2) is 11.7 Å². The van der Waals surface area contributed by atoms with Crippen molar-refractivity contribution in [3.05, 3.63) is 47.9 Å². The number of hydrogen-bond acceptors (Lipinski definition) is 5. The SMILES string of the molecule is CN=C(NCc1cc(OC)ccc1O)N1CCN(C(=O)c2ccco2)CC1. The van der Waals surface area contributed by atoms with Crippen molar-refractivity contribution >= 4 is 11.9 Å². The van der Waals surface area contributed by atoms with E-state index in [1.807, 2.05) is 0 Å². The summed E-state index contributed by atoms with van der Waals surface area (Å²) in [5.41, 5.74) is 0.724. The highest BCUT2D eigenvalue weighted by molar-refractivity contribution is 5.91. The molecule has 0 bridgehead atoms. The van der Waals surface area contributed by atoms with E-state index in [0.29, 0.717) is 44.2 Å². The van der Waals surface area contributed by atoms with Crippen LogP contribution in [-0.2, 0) is 6.54 Å². The number of nitrogens with zero attached hydrogens (tertiary/aromatic N) is 3.